The van der Waals surface area contributed by atoms with E-state index >= 15 is 9.59 Å². The van der Waals surface area contributed by atoms with Crippen LogP contribution in [-0.2, 0) is 12.8 Å². The van der Waals surface area contributed by atoms with E-state index in [2.05, 4.69) is 120 Å². The molecule has 1 aliphatic heterocycles. The number of carbonyl (C=O) groups is 4. The summed E-state index contributed by atoms with van der Waals surface area (Å²) in [4.78, 5) is 62.2. The van der Waals surface area contributed by atoms with Gasteiger partial charge in [-0.15, -0.1) is 22.7 Å². The Kier molecular flexibility index (Phi) is 15.6. The number of fused-ring (bicyclic) bond motifs is 2. The van der Waals surface area contributed by atoms with E-state index in [9.17, 15) is 19.8 Å². The van der Waals surface area contributed by atoms with Gasteiger partial charge in [-0.2, -0.15) is 0 Å². The maximum atomic E-state index is 15.0. The van der Waals surface area contributed by atoms with Gasteiger partial charge in [0.15, 0.2) is 0 Å². The van der Waals surface area contributed by atoms with Gasteiger partial charge in [0.25, 0.3) is 11.8 Å². The van der Waals surface area contributed by atoms with E-state index in [0.717, 1.165) is 105 Å². The maximum absolute atomic E-state index is 15.0. The number of para-hydroxylation sites is 1. The third-order valence-corrected chi connectivity index (χ3v) is 19.7. The van der Waals surface area contributed by atoms with Crippen molar-refractivity contribution in [2.45, 2.75) is 118 Å². The van der Waals surface area contributed by atoms with Crippen molar-refractivity contribution in [3.63, 3.8) is 0 Å². The Morgan fingerprint density at radius 2 is 0.905 bits per heavy atom. The molecule has 0 spiro atoms. The predicted octanol–water partition coefficient (Wildman–Crippen LogP) is 21.0. The Bertz CT molecular complexity index is 4190. The molecule has 0 unspecified atom stereocenters. The van der Waals surface area contributed by atoms with Crippen LogP contribution in [0.1, 0.15) is 168 Å². The number of carbonyl (C=O) groups excluding carboxylic acids is 2. The largest absolute Gasteiger partial charge is 0.478 e. The number of imide groups is 1. The van der Waals surface area contributed by atoms with Crippen molar-refractivity contribution in [2.24, 2.45) is 0 Å². The van der Waals surface area contributed by atoms with Gasteiger partial charge in [-0.1, -0.05) is 153 Å². The van der Waals surface area contributed by atoms with Crippen molar-refractivity contribution >= 4 is 112 Å². The molecular weight excluding hydrogens is 1080 g/mol. The monoisotopic (exact) mass is 1140 g/mol. The highest BCUT2D eigenvalue weighted by molar-refractivity contribution is 7.25. The lowest BCUT2D eigenvalue weighted by Crippen LogP contribution is -2.41. The fourth-order valence-corrected chi connectivity index (χ4v) is 15.4. The van der Waals surface area contributed by atoms with Crippen molar-refractivity contribution in [1.82, 2.24) is 0 Å². The van der Waals surface area contributed by atoms with Crippen LogP contribution in [0.25, 0.3) is 73.7 Å². The minimum Gasteiger partial charge on any atom is -0.478 e. The molecule has 0 bridgehead atoms. The van der Waals surface area contributed by atoms with Crippen molar-refractivity contribution in [2.75, 3.05) is 9.80 Å². The van der Waals surface area contributed by atoms with Crippen LogP contribution in [0.15, 0.2) is 158 Å². The van der Waals surface area contributed by atoms with Crippen molar-refractivity contribution in [3.8, 4) is 30.6 Å². The fraction of sp³-hybridized carbons (Fsp3) is 0.243. The summed E-state index contributed by atoms with van der Waals surface area (Å²) < 4.78 is 0. The zero-order valence-corrected chi connectivity index (χ0v) is 50.1. The average Bonchev–Trinajstić information content (AvgIpc) is 0.859. The van der Waals surface area contributed by atoms with E-state index < -0.39 is 11.9 Å². The first kappa shape index (κ1) is 56.1. The first-order valence-electron chi connectivity index (χ1n) is 29.8. The number of nitrogens with zero attached hydrogens (tertiary/aromatic N) is 2. The predicted molar refractivity (Wildman–Crippen MR) is 350 cm³/mol. The molecule has 3 heterocycles. The number of anilines is 4. The maximum Gasteiger partial charge on any atom is 0.335 e. The molecule has 12 rings (SSSR count). The molecule has 8 nitrogen and oxygen atoms in total. The van der Waals surface area contributed by atoms with Crippen LogP contribution in [0.2, 0.25) is 0 Å². The summed E-state index contributed by atoms with van der Waals surface area (Å²) in [7, 11) is 0. The molecule has 9 aromatic carbocycles. The first-order valence-corrected chi connectivity index (χ1v) is 31.4. The number of amides is 2. The van der Waals surface area contributed by atoms with E-state index in [1.165, 1.54) is 77.6 Å². The number of hydrogen-bond acceptors (Lipinski definition) is 7. The summed E-state index contributed by atoms with van der Waals surface area (Å²) in [5.41, 5.74) is 11.5. The summed E-state index contributed by atoms with van der Waals surface area (Å²) in [6.45, 7) is 13.0. The van der Waals surface area contributed by atoms with Crippen LogP contribution < -0.4 is 9.80 Å². The van der Waals surface area contributed by atoms with E-state index in [4.69, 9.17) is 0 Å². The summed E-state index contributed by atoms with van der Waals surface area (Å²) in [5, 5.41) is 27.7. The van der Waals surface area contributed by atoms with Gasteiger partial charge >= 0.3 is 11.9 Å². The Hall–Kier alpha value is -8.44. The Morgan fingerprint density at radius 1 is 0.464 bits per heavy atom. The molecule has 0 saturated heterocycles. The van der Waals surface area contributed by atoms with Gasteiger partial charge in [0.2, 0.25) is 0 Å². The molecule has 0 aliphatic carbocycles. The third-order valence-electron chi connectivity index (χ3n) is 17.1. The summed E-state index contributed by atoms with van der Waals surface area (Å²) in [6, 6.07) is 52.3. The average molecular weight is 1150 g/mol. The fourth-order valence-electron chi connectivity index (χ4n) is 12.8. The number of carboxylic acids is 2. The van der Waals surface area contributed by atoms with Crippen LogP contribution in [0.5, 0.6) is 0 Å². The van der Waals surface area contributed by atoms with E-state index in [-0.39, 0.29) is 34.8 Å². The number of rotatable bonds is 21. The van der Waals surface area contributed by atoms with Crippen molar-refractivity contribution < 1.29 is 29.4 Å². The Balaban J connectivity index is 0.953. The number of aromatic carboxylic acids is 2. The van der Waals surface area contributed by atoms with Crippen molar-refractivity contribution in [1.29, 1.82) is 0 Å². The van der Waals surface area contributed by atoms with Crippen LogP contribution >= 0.6 is 22.7 Å². The SMILES string of the molecule is CCCCCCc1cc(-c2ccc(N(c3ccc(C(=O)O)cc3)c3ccc(C(=O)O)cc3)cc2)sc1-c1cc(CCCCCC)c(-c2ccc3c4ccc5c6c(ccc(c7cccc2c73)c64)C(=O)N(c2c(C(C)C)cccc2C(C)C)C5=O)s1. The lowest BCUT2D eigenvalue weighted by molar-refractivity contribution is 0.0686. The minimum absolute atomic E-state index is 0.107. The molecule has 0 radical (unpaired) electrons. The molecule has 2 amide bonds. The van der Waals surface area contributed by atoms with Gasteiger partial charge in [0.1, 0.15) is 0 Å². The molecule has 0 saturated carbocycles. The topological polar surface area (TPSA) is 115 Å². The Labute approximate surface area is 499 Å². The molecule has 0 atom stereocenters. The number of hydrogen-bond donors (Lipinski definition) is 2. The lowest BCUT2D eigenvalue weighted by Gasteiger charge is -2.32. The molecule has 422 valence electrons. The van der Waals surface area contributed by atoms with Gasteiger partial charge in [0, 0.05) is 53.1 Å². The molecule has 2 aromatic heterocycles. The van der Waals surface area contributed by atoms with Crippen LogP contribution in [0, 0.1) is 0 Å². The lowest BCUT2D eigenvalue weighted by atomic mass is 9.83. The van der Waals surface area contributed by atoms with Gasteiger partial charge in [-0.25, -0.2) is 14.5 Å². The highest BCUT2D eigenvalue weighted by Crippen LogP contribution is 2.51. The third kappa shape index (κ3) is 10.0. The molecule has 10 heteroatoms. The molecule has 2 N–H and O–H groups in total. The van der Waals surface area contributed by atoms with Crippen LogP contribution in [0.4, 0.5) is 22.7 Å². The summed E-state index contributed by atoms with van der Waals surface area (Å²) in [6.07, 6.45) is 11.2. The number of carboxylic acid groups (broad SMARTS) is 2. The first-order chi connectivity index (χ1) is 40.8. The smallest absolute Gasteiger partial charge is 0.335 e. The Morgan fingerprint density at radius 3 is 1.42 bits per heavy atom. The standard InChI is InChI=1S/C74H68N2O6S2/c1-7-9-11-13-17-48-42-64(70-49(18-14-12-10-8-2)41-63(83-70)45-23-29-50(30-24-45)75(51-31-25-46(26-32-51)73(79)80)52-33-27-47(28-34-52)74(81)82)84-69(48)60-38-35-57-59-37-40-62-67-61(39-36-58(66(59)67)55-21-16-22-56(60)65(55)57)71(77)76(72(62)78)68-53(43(3)4)19-15-20-54(68)44(5)6/h15-16,19-44H,7-14,17-18H2,1-6H3,(H,79,80)(H,81,82). The molecular formula is C74H68N2O6S2. The van der Waals surface area contributed by atoms with E-state index in [0.29, 0.717) is 16.8 Å². The zero-order valence-electron chi connectivity index (χ0n) is 48.5. The minimum atomic E-state index is -1.01. The van der Waals surface area contributed by atoms with Gasteiger partial charge < -0.3 is 15.1 Å². The molecule has 1 aliphatic rings. The number of thiophene rings is 2. The highest BCUT2D eigenvalue weighted by atomic mass is 32.1. The summed E-state index contributed by atoms with van der Waals surface area (Å²) >= 11 is 3.76. The number of aryl methyl sites for hydroxylation is 2. The molecule has 84 heavy (non-hydrogen) atoms. The number of unbranched alkanes of at least 4 members (excludes halogenated alkanes) is 6. The van der Waals surface area contributed by atoms with E-state index in [1.807, 2.05) is 57.9 Å². The second-order valence-corrected chi connectivity index (χ2v) is 25.2. The second-order valence-electron chi connectivity index (χ2n) is 23.1. The molecule has 11 aromatic rings. The van der Waals surface area contributed by atoms with Gasteiger partial charge in [-0.05, 0) is 194 Å². The molecule has 0 fully saturated rings. The summed E-state index contributed by atoms with van der Waals surface area (Å²) in [5.74, 6) is -2.35. The second kappa shape index (κ2) is 23.3. The van der Waals surface area contributed by atoms with Crippen LogP contribution in [-0.4, -0.2) is 34.0 Å². The van der Waals surface area contributed by atoms with Crippen LogP contribution in [0.3, 0.4) is 0 Å². The zero-order chi connectivity index (χ0) is 58.5. The van der Waals surface area contributed by atoms with Gasteiger partial charge in [-0.3, -0.25) is 9.59 Å². The van der Waals surface area contributed by atoms with E-state index in [1.54, 1.807) is 48.5 Å². The van der Waals surface area contributed by atoms with Gasteiger partial charge in [0.05, 0.1) is 16.8 Å². The number of benzene rings is 9. The highest BCUT2D eigenvalue weighted by Gasteiger charge is 2.38. The van der Waals surface area contributed by atoms with Crippen molar-refractivity contribution in [3.05, 3.63) is 202 Å². The normalized spacial score (nSPS) is 12.6. The quantitative estimate of drug-likeness (QED) is 0.0319.